The summed E-state index contributed by atoms with van der Waals surface area (Å²) in [4.78, 5) is 22.6. The van der Waals surface area contributed by atoms with Gasteiger partial charge in [0.2, 0.25) is 5.95 Å². The summed E-state index contributed by atoms with van der Waals surface area (Å²) in [7, 11) is 0. The van der Waals surface area contributed by atoms with Gasteiger partial charge >= 0.3 is 0 Å². The van der Waals surface area contributed by atoms with Crippen LogP contribution in [-0.2, 0) is 6.54 Å². The van der Waals surface area contributed by atoms with Gasteiger partial charge in [0.05, 0.1) is 0 Å². The van der Waals surface area contributed by atoms with Crippen molar-refractivity contribution in [3.8, 4) is 0 Å². The first kappa shape index (κ1) is 12.6. The first-order chi connectivity index (χ1) is 8.63. The fourth-order valence-electron chi connectivity index (χ4n) is 2.10. The zero-order valence-electron chi connectivity index (χ0n) is 10.9. The SMILES string of the molecule is CCCCCCn1c(C)nc2c(=O)[nH]c(N)nc21. The van der Waals surface area contributed by atoms with Crippen LogP contribution < -0.4 is 11.3 Å². The number of nitrogens with zero attached hydrogens (tertiary/aromatic N) is 3. The molecule has 0 saturated carbocycles. The Morgan fingerprint density at radius 1 is 1.28 bits per heavy atom. The van der Waals surface area contributed by atoms with Crippen molar-refractivity contribution in [3.63, 3.8) is 0 Å². The van der Waals surface area contributed by atoms with E-state index in [1.54, 1.807) is 0 Å². The van der Waals surface area contributed by atoms with Crippen LogP contribution in [0.15, 0.2) is 4.79 Å². The Kier molecular flexibility index (Phi) is 3.64. The van der Waals surface area contributed by atoms with Crippen molar-refractivity contribution >= 4 is 17.1 Å². The maximum Gasteiger partial charge on any atom is 0.280 e. The molecular formula is C12H19N5O. The Morgan fingerprint density at radius 3 is 2.78 bits per heavy atom. The van der Waals surface area contributed by atoms with Crippen molar-refractivity contribution in [1.29, 1.82) is 0 Å². The van der Waals surface area contributed by atoms with E-state index >= 15 is 0 Å². The number of hydrogen-bond acceptors (Lipinski definition) is 4. The van der Waals surface area contributed by atoms with Gasteiger partial charge in [0.1, 0.15) is 5.82 Å². The number of imidazole rings is 1. The molecular weight excluding hydrogens is 230 g/mol. The highest BCUT2D eigenvalue weighted by Crippen LogP contribution is 2.12. The van der Waals surface area contributed by atoms with Crippen molar-refractivity contribution in [2.24, 2.45) is 0 Å². The van der Waals surface area contributed by atoms with Crippen LogP contribution in [0.1, 0.15) is 38.4 Å². The van der Waals surface area contributed by atoms with Crippen LogP contribution in [0, 0.1) is 6.92 Å². The summed E-state index contributed by atoms with van der Waals surface area (Å²) >= 11 is 0. The number of nitrogens with two attached hydrogens (primary N) is 1. The number of rotatable bonds is 5. The van der Waals surface area contributed by atoms with Crippen LogP contribution in [0.4, 0.5) is 5.95 Å². The van der Waals surface area contributed by atoms with Crippen molar-refractivity contribution < 1.29 is 0 Å². The van der Waals surface area contributed by atoms with Crippen molar-refractivity contribution in [2.45, 2.75) is 46.1 Å². The van der Waals surface area contributed by atoms with E-state index in [1.165, 1.54) is 19.3 Å². The summed E-state index contributed by atoms with van der Waals surface area (Å²) in [6.45, 7) is 4.90. The van der Waals surface area contributed by atoms with Crippen LogP contribution in [0.2, 0.25) is 0 Å². The fraction of sp³-hybridized carbons (Fsp3) is 0.583. The Labute approximate surface area is 105 Å². The lowest BCUT2D eigenvalue weighted by atomic mass is 10.2. The normalized spacial score (nSPS) is 11.2. The molecule has 0 spiro atoms. The van der Waals surface area contributed by atoms with Gasteiger partial charge in [-0.15, -0.1) is 0 Å². The molecule has 2 rings (SSSR count). The predicted molar refractivity (Wildman–Crippen MR) is 71.4 cm³/mol. The molecule has 18 heavy (non-hydrogen) atoms. The number of anilines is 1. The number of H-pyrrole nitrogens is 1. The number of aromatic nitrogens is 4. The minimum Gasteiger partial charge on any atom is -0.369 e. The van der Waals surface area contributed by atoms with Gasteiger partial charge in [-0.05, 0) is 13.3 Å². The molecule has 0 aliphatic heterocycles. The Morgan fingerprint density at radius 2 is 2.06 bits per heavy atom. The summed E-state index contributed by atoms with van der Waals surface area (Å²) < 4.78 is 1.97. The molecule has 2 heterocycles. The standard InChI is InChI=1S/C12H19N5O/c1-3-4-5-6-7-17-8(2)14-9-10(17)15-12(13)16-11(9)18/h3-7H2,1-2H3,(H3,13,15,16,18). The molecule has 98 valence electrons. The van der Waals surface area contributed by atoms with Gasteiger partial charge in [0.25, 0.3) is 5.56 Å². The third-order valence-electron chi connectivity index (χ3n) is 3.05. The van der Waals surface area contributed by atoms with E-state index < -0.39 is 0 Å². The van der Waals surface area contributed by atoms with E-state index in [4.69, 9.17) is 5.73 Å². The number of aryl methyl sites for hydroxylation is 2. The van der Waals surface area contributed by atoms with Gasteiger partial charge in [-0.1, -0.05) is 26.2 Å². The second kappa shape index (κ2) is 5.20. The zero-order valence-corrected chi connectivity index (χ0v) is 10.9. The molecule has 0 unspecified atom stereocenters. The molecule has 2 aromatic heterocycles. The Balaban J connectivity index is 2.32. The number of unbranched alkanes of at least 4 members (excludes halogenated alkanes) is 3. The lowest BCUT2D eigenvalue weighted by Crippen LogP contribution is -2.12. The molecule has 3 N–H and O–H groups in total. The summed E-state index contributed by atoms with van der Waals surface area (Å²) in [6.07, 6.45) is 4.67. The van der Waals surface area contributed by atoms with Crippen LogP contribution in [-0.4, -0.2) is 19.5 Å². The molecule has 0 aliphatic rings. The smallest absolute Gasteiger partial charge is 0.280 e. The fourth-order valence-corrected chi connectivity index (χ4v) is 2.10. The number of nitrogen functional groups attached to an aromatic ring is 1. The highest BCUT2D eigenvalue weighted by Gasteiger charge is 2.12. The van der Waals surface area contributed by atoms with E-state index in [0.29, 0.717) is 11.2 Å². The Bertz CT molecular complexity index is 598. The van der Waals surface area contributed by atoms with Gasteiger partial charge in [0, 0.05) is 6.54 Å². The van der Waals surface area contributed by atoms with E-state index in [0.717, 1.165) is 18.8 Å². The maximum absolute atomic E-state index is 11.7. The molecule has 2 aromatic rings. The molecule has 0 aromatic carbocycles. The van der Waals surface area contributed by atoms with Crippen molar-refractivity contribution in [2.75, 3.05) is 5.73 Å². The molecule has 6 nitrogen and oxygen atoms in total. The van der Waals surface area contributed by atoms with Gasteiger partial charge < -0.3 is 10.3 Å². The number of hydrogen-bond donors (Lipinski definition) is 2. The quantitative estimate of drug-likeness (QED) is 0.787. The van der Waals surface area contributed by atoms with Crippen molar-refractivity contribution in [3.05, 3.63) is 16.2 Å². The van der Waals surface area contributed by atoms with E-state index in [-0.39, 0.29) is 11.5 Å². The van der Waals surface area contributed by atoms with Crippen LogP contribution in [0.5, 0.6) is 0 Å². The highest BCUT2D eigenvalue weighted by atomic mass is 16.1. The molecule has 0 bridgehead atoms. The monoisotopic (exact) mass is 249 g/mol. The number of fused-ring (bicyclic) bond motifs is 1. The third kappa shape index (κ3) is 2.37. The molecule has 0 aliphatic carbocycles. The molecule has 0 fully saturated rings. The first-order valence-electron chi connectivity index (χ1n) is 6.36. The second-order valence-corrected chi connectivity index (χ2v) is 4.49. The van der Waals surface area contributed by atoms with Gasteiger partial charge in [-0.3, -0.25) is 9.78 Å². The van der Waals surface area contributed by atoms with Crippen LogP contribution >= 0.6 is 0 Å². The summed E-state index contributed by atoms with van der Waals surface area (Å²) in [6, 6.07) is 0. The average Bonchev–Trinajstić information content (AvgIpc) is 2.62. The topological polar surface area (TPSA) is 89.6 Å². The van der Waals surface area contributed by atoms with Crippen LogP contribution in [0.3, 0.4) is 0 Å². The second-order valence-electron chi connectivity index (χ2n) is 4.49. The summed E-state index contributed by atoms with van der Waals surface area (Å²) in [5, 5.41) is 0. The van der Waals surface area contributed by atoms with Crippen LogP contribution in [0.25, 0.3) is 11.2 Å². The third-order valence-corrected chi connectivity index (χ3v) is 3.05. The maximum atomic E-state index is 11.7. The van der Waals surface area contributed by atoms with E-state index in [2.05, 4.69) is 21.9 Å². The van der Waals surface area contributed by atoms with Gasteiger partial charge in [0.15, 0.2) is 11.2 Å². The van der Waals surface area contributed by atoms with E-state index in [1.807, 2.05) is 11.5 Å². The lowest BCUT2D eigenvalue weighted by Gasteiger charge is -2.05. The minimum absolute atomic E-state index is 0.141. The predicted octanol–water partition coefficient (Wildman–Crippen LogP) is 1.59. The van der Waals surface area contributed by atoms with E-state index in [9.17, 15) is 4.79 Å². The largest absolute Gasteiger partial charge is 0.369 e. The summed E-state index contributed by atoms with van der Waals surface area (Å²) in [5.41, 5.74) is 6.26. The lowest BCUT2D eigenvalue weighted by molar-refractivity contribution is 0.580. The van der Waals surface area contributed by atoms with Gasteiger partial charge in [-0.2, -0.15) is 4.98 Å². The minimum atomic E-state index is -0.270. The molecule has 0 amide bonds. The zero-order chi connectivity index (χ0) is 13.1. The number of aromatic amines is 1. The Hall–Kier alpha value is -1.85. The summed E-state index contributed by atoms with van der Waals surface area (Å²) in [5.74, 6) is 0.951. The molecule has 6 heteroatoms. The van der Waals surface area contributed by atoms with Gasteiger partial charge in [-0.25, -0.2) is 4.98 Å². The number of nitrogens with one attached hydrogen (secondary N) is 1. The first-order valence-corrected chi connectivity index (χ1v) is 6.36. The molecule has 0 saturated heterocycles. The average molecular weight is 249 g/mol. The van der Waals surface area contributed by atoms with Crippen molar-refractivity contribution in [1.82, 2.24) is 19.5 Å². The highest BCUT2D eigenvalue weighted by molar-refractivity contribution is 5.71. The molecule has 0 atom stereocenters. The molecule has 0 radical (unpaired) electrons.